The Hall–Kier alpha value is -7.57. The molecule has 1 aliphatic heterocycles. The van der Waals surface area contributed by atoms with Crippen molar-refractivity contribution in [2.75, 3.05) is 18.1 Å². The van der Waals surface area contributed by atoms with Crippen molar-refractivity contribution < 1.29 is 68.4 Å². The van der Waals surface area contributed by atoms with Crippen LogP contribution >= 0.6 is 21.6 Å². The third kappa shape index (κ3) is 19.6. The number of hydrogen-bond acceptors (Lipinski definition) is 17. The number of aliphatic carboxylic acids is 1. The average Bonchev–Trinajstić information content (AvgIpc) is 4.11. The molecule has 1 saturated heterocycles. The summed E-state index contributed by atoms with van der Waals surface area (Å²) in [4.78, 5) is 148. The van der Waals surface area contributed by atoms with Gasteiger partial charge in [-0.05, 0) is 50.3 Å². The number of carboxylic acids is 1. The van der Waals surface area contributed by atoms with Gasteiger partial charge >= 0.3 is 5.97 Å². The topological polar surface area (TPSA) is 430 Å². The van der Waals surface area contributed by atoms with Crippen LogP contribution in [0.1, 0.15) is 57.9 Å². The van der Waals surface area contributed by atoms with Crippen molar-refractivity contribution in [3.05, 3.63) is 90.1 Å². The lowest BCUT2D eigenvalue weighted by atomic mass is 10.0. The quantitative estimate of drug-likeness (QED) is 0.0625. The molecule has 0 aliphatic carbocycles. The second kappa shape index (κ2) is 30.9. The minimum atomic E-state index is -1.82. The molecule has 2 aromatic heterocycles. The highest BCUT2D eigenvalue weighted by atomic mass is 33.1. The van der Waals surface area contributed by atoms with Gasteiger partial charge in [0.1, 0.15) is 48.3 Å². The fourth-order valence-corrected chi connectivity index (χ4v) is 10.7. The molecule has 4 aromatic rings. The lowest BCUT2D eigenvalue weighted by Gasteiger charge is -2.28. The molecule has 17 N–H and O–H groups in total. The van der Waals surface area contributed by atoms with Crippen molar-refractivity contribution in [1.82, 2.24) is 62.8 Å². The highest BCUT2D eigenvalue weighted by molar-refractivity contribution is 8.76. The highest BCUT2D eigenvalue weighted by Crippen LogP contribution is 2.23. The van der Waals surface area contributed by atoms with Crippen LogP contribution in [-0.4, -0.2) is 185 Å². The lowest BCUT2D eigenvalue weighted by Crippen LogP contribution is -2.63. The zero-order valence-electron chi connectivity index (χ0n) is 45.1. The Bertz CT molecular complexity index is 2820. The summed E-state index contributed by atoms with van der Waals surface area (Å²) in [6.07, 6.45) is -1.20. The fraction of sp³-hybridized carbons (Fsp3) is 0.481. The zero-order chi connectivity index (χ0) is 59.5. The summed E-state index contributed by atoms with van der Waals surface area (Å²) in [6.45, 7) is 6.22. The molecule has 0 radical (unpaired) electrons. The summed E-state index contributed by atoms with van der Waals surface area (Å²) in [5.74, 6) is -11.1. The first-order valence-corrected chi connectivity index (χ1v) is 28.4. The number of benzene rings is 2. The van der Waals surface area contributed by atoms with Crippen molar-refractivity contribution >= 4 is 91.6 Å². The smallest absolute Gasteiger partial charge is 0.327 e. The molecule has 3 heterocycles. The number of para-hydroxylation sites is 1. The maximum atomic E-state index is 14.5. The van der Waals surface area contributed by atoms with Crippen LogP contribution in [0.15, 0.2) is 73.3 Å². The third-order valence-corrected chi connectivity index (χ3v) is 15.2. The van der Waals surface area contributed by atoms with Crippen molar-refractivity contribution in [2.45, 2.75) is 133 Å². The summed E-state index contributed by atoms with van der Waals surface area (Å²) in [5.41, 5.74) is 8.27. The zero-order valence-corrected chi connectivity index (χ0v) is 46.7. The number of aliphatic hydroxyl groups excluding tert-OH is 3. The minimum absolute atomic E-state index is 0.0227. The molecular weight excluding hydrogens is 1090 g/mol. The first-order valence-electron chi connectivity index (χ1n) is 25.9. The van der Waals surface area contributed by atoms with Gasteiger partial charge in [0, 0.05) is 59.8 Å². The monoisotopic (exact) mass is 1170 g/mol. The first kappa shape index (κ1) is 64.3. The van der Waals surface area contributed by atoms with Crippen LogP contribution in [-0.2, 0) is 67.2 Å². The number of carbonyl (C=O) groups is 10. The number of aliphatic hydroxyl groups is 3. The van der Waals surface area contributed by atoms with E-state index in [1.165, 1.54) is 19.4 Å². The van der Waals surface area contributed by atoms with Gasteiger partial charge in [-0.1, -0.05) is 84.0 Å². The standard InChI is InChI=1S/C52H71N13O14S2/c1-25(2)15-35-46(72)62-39(52(78)79)23-81-80-22-33(53)44(70)63-43(28(5)68)51(77)65-42(27(4)67)50(76)61-38(18-31-20-54-24-57-31)47(73)59-37(17-30-19-55-34-14-10-9-13-32(30)34)45(71)56-21-40(69)58-36(16-29-11-7-6-8-12-29)48(74)64-41(26(3)66)49(75)60-35/h6-14,19-20,24-28,33,35-39,41-43,55,66-68H,15-18,21-23,53H2,1-5H3,(H,54,57)(H,56,71)(H,58,69)(H,59,73)(H,60,75)(H,61,76)(H,62,72)(H,63,70)(H,64,74)(H,65,77)(H,78,79)/t26-,27-,28-,33+,35+,36+,37?,38+,39+,41+,42+,43+/m1/s1. The molecule has 1 fully saturated rings. The van der Waals surface area contributed by atoms with E-state index in [-0.39, 0.29) is 43.1 Å². The van der Waals surface area contributed by atoms with Crippen molar-refractivity contribution in [3.8, 4) is 0 Å². The van der Waals surface area contributed by atoms with Crippen molar-refractivity contribution in [3.63, 3.8) is 0 Å². The number of nitrogens with zero attached hydrogens (tertiary/aromatic N) is 1. The maximum Gasteiger partial charge on any atom is 0.327 e. The van der Waals surface area contributed by atoms with Gasteiger partial charge in [0.05, 0.1) is 37.2 Å². The summed E-state index contributed by atoms with van der Waals surface area (Å²) >= 11 is 0. The number of imidazole rings is 1. The van der Waals surface area contributed by atoms with E-state index < -0.39 is 138 Å². The van der Waals surface area contributed by atoms with Crippen LogP contribution in [0.3, 0.4) is 0 Å². The normalized spacial score (nSPS) is 25.6. The third-order valence-electron chi connectivity index (χ3n) is 12.7. The van der Waals surface area contributed by atoms with Crippen LogP contribution in [0.2, 0.25) is 0 Å². The van der Waals surface area contributed by atoms with Gasteiger partial charge in [0.2, 0.25) is 53.2 Å². The second-order valence-corrected chi connectivity index (χ2v) is 22.5. The molecule has 81 heavy (non-hydrogen) atoms. The van der Waals surface area contributed by atoms with E-state index in [1.807, 2.05) is 0 Å². The second-order valence-electron chi connectivity index (χ2n) is 19.9. The number of aromatic amines is 2. The molecule has 29 heteroatoms. The van der Waals surface area contributed by atoms with Gasteiger partial charge in [0.15, 0.2) is 0 Å². The molecule has 2 aromatic carbocycles. The Labute approximate surface area is 473 Å². The molecular formula is C52H71N13O14S2. The van der Waals surface area contributed by atoms with Crippen LogP contribution in [0, 0.1) is 5.92 Å². The van der Waals surface area contributed by atoms with Crippen LogP contribution in [0.25, 0.3) is 10.9 Å². The number of H-pyrrole nitrogens is 2. The first-order chi connectivity index (χ1) is 38.4. The SMILES string of the molecule is CC(C)C[C@@H]1NC(=O)[C@H]([C@@H](C)O)NC(=O)[C@H](Cc2ccccc2)NC(=O)CNC(=O)C(Cc2c[nH]c3ccccc23)NC(=O)[C@H](Cc2cnc[nH]2)NC(=O)[C@H]([C@@H](C)O)NC(=O)[C@H]([C@@H](C)O)NC(=O)[C@@H](N)CSSC[C@@H](C(=O)O)NC1=O. The number of fused-ring (bicyclic) bond motifs is 1. The van der Waals surface area contributed by atoms with E-state index in [1.54, 1.807) is 74.6 Å². The number of nitrogens with two attached hydrogens (primary N) is 1. The Balaban J connectivity index is 1.51. The van der Waals surface area contributed by atoms with Gasteiger partial charge < -0.3 is 84.0 Å². The van der Waals surface area contributed by atoms with E-state index in [0.717, 1.165) is 35.4 Å². The molecule has 0 bridgehead atoms. The Morgan fingerprint density at radius 1 is 0.593 bits per heavy atom. The number of hydrogen-bond donors (Lipinski definition) is 16. The van der Waals surface area contributed by atoms with Crippen molar-refractivity contribution in [1.29, 1.82) is 0 Å². The fourth-order valence-electron chi connectivity index (χ4n) is 8.38. The lowest BCUT2D eigenvalue weighted by molar-refractivity contribution is -0.142. The predicted molar refractivity (Wildman–Crippen MR) is 298 cm³/mol. The molecule has 1 unspecified atom stereocenters. The summed E-state index contributed by atoms with van der Waals surface area (Å²) in [6, 6.07) is 1.42. The van der Waals surface area contributed by atoms with E-state index in [4.69, 9.17) is 5.73 Å². The van der Waals surface area contributed by atoms with Crippen LogP contribution in [0.4, 0.5) is 0 Å². The molecule has 5 rings (SSSR count). The summed E-state index contributed by atoms with van der Waals surface area (Å²) in [7, 11) is 1.84. The van der Waals surface area contributed by atoms with E-state index in [0.29, 0.717) is 27.7 Å². The molecule has 12 atom stereocenters. The van der Waals surface area contributed by atoms with Gasteiger partial charge in [-0.3, -0.25) is 43.2 Å². The van der Waals surface area contributed by atoms with E-state index in [9.17, 15) is 68.4 Å². The Kier molecular flexibility index (Phi) is 24.5. The molecule has 440 valence electrons. The number of carboxylic acid groups (broad SMARTS) is 1. The van der Waals surface area contributed by atoms with Gasteiger partial charge in [-0.15, -0.1) is 0 Å². The van der Waals surface area contributed by atoms with Gasteiger partial charge in [-0.2, -0.15) is 0 Å². The summed E-state index contributed by atoms with van der Waals surface area (Å²) < 4.78 is 0. The molecule has 1 aliphatic rings. The van der Waals surface area contributed by atoms with Gasteiger partial charge in [-0.25, -0.2) is 9.78 Å². The molecule has 0 spiro atoms. The number of amides is 9. The Morgan fingerprint density at radius 3 is 1.72 bits per heavy atom. The van der Waals surface area contributed by atoms with Crippen LogP contribution < -0.4 is 53.6 Å². The van der Waals surface area contributed by atoms with Crippen LogP contribution in [0.5, 0.6) is 0 Å². The number of rotatable bonds is 12. The number of aromatic nitrogens is 3. The maximum absolute atomic E-state index is 14.5. The average molecular weight is 1170 g/mol. The van der Waals surface area contributed by atoms with E-state index in [2.05, 4.69) is 62.8 Å². The van der Waals surface area contributed by atoms with Gasteiger partial charge in [0.25, 0.3) is 0 Å². The molecule has 0 saturated carbocycles. The largest absolute Gasteiger partial charge is 0.480 e. The van der Waals surface area contributed by atoms with E-state index >= 15 is 0 Å². The molecule has 27 nitrogen and oxygen atoms in total. The molecule has 9 amide bonds. The Morgan fingerprint density at radius 2 is 1.11 bits per heavy atom. The highest BCUT2D eigenvalue weighted by Gasteiger charge is 2.38. The number of carbonyl (C=O) groups excluding carboxylic acids is 9. The predicted octanol–water partition coefficient (Wildman–Crippen LogP) is -3.09. The van der Waals surface area contributed by atoms with Crippen molar-refractivity contribution in [2.24, 2.45) is 11.7 Å². The number of nitrogens with one attached hydrogen (secondary N) is 11. The summed E-state index contributed by atoms with van der Waals surface area (Å²) in [5, 5.41) is 65.4. The minimum Gasteiger partial charge on any atom is -0.480 e.